The van der Waals surface area contributed by atoms with E-state index in [-0.39, 0.29) is 41.0 Å². The lowest BCUT2D eigenvalue weighted by Gasteiger charge is -2.37. The molecule has 0 fully saturated rings. The molecule has 2 aromatic carbocycles. The molecule has 0 radical (unpaired) electrons. The van der Waals surface area contributed by atoms with Crippen molar-refractivity contribution in [1.82, 2.24) is 9.73 Å². The van der Waals surface area contributed by atoms with Crippen LogP contribution in [0.5, 0.6) is 0 Å². The van der Waals surface area contributed by atoms with Crippen molar-refractivity contribution in [1.29, 1.82) is 0 Å². The van der Waals surface area contributed by atoms with Crippen LogP contribution in [0.25, 0.3) is 0 Å². The van der Waals surface area contributed by atoms with Crippen LogP contribution in [-0.4, -0.2) is 38.9 Å². The van der Waals surface area contributed by atoms with Gasteiger partial charge < -0.3 is 10.2 Å². The number of ether oxygens (including phenoxy) is 1. The number of hydrogen-bond donors (Lipinski definition) is 1. The van der Waals surface area contributed by atoms with Crippen molar-refractivity contribution >= 4 is 21.7 Å². The lowest BCUT2D eigenvalue weighted by atomic mass is 9.78. The van der Waals surface area contributed by atoms with E-state index in [4.69, 9.17) is 4.74 Å². The van der Waals surface area contributed by atoms with Crippen LogP contribution in [0.1, 0.15) is 39.2 Å². The van der Waals surface area contributed by atoms with Gasteiger partial charge in [-0.1, -0.05) is 32.9 Å². The van der Waals surface area contributed by atoms with Gasteiger partial charge in [-0.3, -0.25) is 9.80 Å². The van der Waals surface area contributed by atoms with Gasteiger partial charge in [-0.05, 0) is 71.0 Å². The number of hydrogen-bond acceptors (Lipinski definition) is 6. The van der Waals surface area contributed by atoms with Crippen LogP contribution in [-0.2, 0) is 25.0 Å². The van der Waals surface area contributed by atoms with E-state index >= 15 is 0 Å². The van der Waals surface area contributed by atoms with E-state index < -0.39 is 10.0 Å². The number of esters is 1. The zero-order valence-electron chi connectivity index (χ0n) is 22.0. The molecule has 38 heavy (non-hydrogen) atoms. The maximum atomic E-state index is 13.6. The average Bonchev–Trinajstić information content (AvgIpc) is 3.32. The zero-order chi connectivity index (χ0) is 27.2. The number of benzene rings is 2. The monoisotopic (exact) mass is 537 g/mol. The van der Waals surface area contributed by atoms with Crippen LogP contribution in [0.2, 0.25) is 0 Å². The molecule has 0 unspecified atom stereocenters. The van der Waals surface area contributed by atoms with E-state index in [1.807, 2.05) is 29.4 Å². The molecule has 1 N–H and O–H groups in total. The number of sulfonamides is 1. The first-order valence-electron chi connectivity index (χ1n) is 12.6. The molecule has 2 aromatic rings. The average molecular weight is 538 g/mol. The molecule has 3 aliphatic rings. The van der Waals surface area contributed by atoms with E-state index in [1.54, 1.807) is 24.3 Å². The molecule has 200 valence electrons. The number of halogens is 1. The molecule has 1 aliphatic carbocycles. The molecule has 1 atom stereocenters. The number of nitrogens with zero attached hydrogens (tertiary/aromatic N) is 2. The van der Waals surface area contributed by atoms with Gasteiger partial charge in [-0.25, -0.2) is 12.8 Å². The van der Waals surface area contributed by atoms with Crippen LogP contribution in [0.4, 0.5) is 10.1 Å². The van der Waals surface area contributed by atoms with Crippen LogP contribution in [0.15, 0.2) is 88.1 Å². The smallest absolute Gasteiger partial charge is 0.306 e. The summed E-state index contributed by atoms with van der Waals surface area (Å²) in [5, 5.41) is 1.85. The summed E-state index contributed by atoms with van der Waals surface area (Å²) in [6.45, 7) is 6.79. The number of hydrazine groups is 1. The second-order valence-electron chi connectivity index (χ2n) is 10.8. The predicted octanol–water partition coefficient (Wildman–Crippen LogP) is 4.80. The number of rotatable bonds is 5. The van der Waals surface area contributed by atoms with E-state index in [9.17, 15) is 17.6 Å². The highest BCUT2D eigenvalue weighted by Gasteiger charge is 2.40. The quantitative estimate of drug-likeness (QED) is 0.552. The van der Waals surface area contributed by atoms with Crippen LogP contribution in [0.3, 0.4) is 0 Å². The number of carbonyl (C=O) groups excluding carboxylic acids is 1. The fourth-order valence-electron chi connectivity index (χ4n) is 5.23. The third-order valence-corrected chi connectivity index (χ3v) is 9.28. The molecule has 7 nitrogen and oxygen atoms in total. The number of nitrogens with one attached hydrogen (secondary N) is 1. The highest BCUT2D eigenvalue weighted by molar-refractivity contribution is 7.89. The van der Waals surface area contributed by atoms with Crippen molar-refractivity contribution in [3.05, 3.63) is 94.6 Å². The minimum atomic E-state index is -3.73. The first kappa shape index (κ1) is 26.2. The Kier molecular flexibility index (Phi) is 6.69. The SMILES string of the molecule is COC(=O)C[C@H]1C2=CNN(c3ccc(F)cc3)C2=CC2=C1CN(S(=O)(=O)c1ccc(C(C)(C)C)cc1)CC2. The second-order valence-corrected chi connectivity index (χ2v) is 12.8. The van der Waals surface area contributed by atoms with Crippen LogP contribution in [0, 0.1) is 11.7 Å². The fraction of sp³-hybridized carbons (Fsp3) is 0.345. The topological polar surface area (TPSA) is 79.0 Å². The standard InChI is InChI=1S/C29H32FN3O4S/c1-29(2,3)20-5-11-23(12-6-20)38(35,36)32-14-13-19-15-27-25(24(26(19)18-32)16-28(34)37-4)17-31-33(27)22-9-7-21(30)8-10-22/h5-12,15,17,24,31H,13-14,16,18H2,1-4H3/t24-/m0/s1. The highest BCUT2D eigenvalue weighted by atomic mass is 32.2. The largest absolute Gasteiger partial charge is 0.469 e. The van der Waals surface area contributed by atoms with Crippen molar-refractivity contribution in [3.8, 4) is 0 Å². The fourth-order valence-corrected chi connectivity index (χ4v) is 6.65. The van der Waals surface area contributed by atoms with E-state index in [0.29, 0.717) is 13.0 Å². The van der Waals surface area contributed by atoms with Gasteiger partial charge in [0.05, 0.1) is 29.8 Å². The minimum Gasteiger partial charge on any atom is -0.469 e. The summed E-state index contributed by atoms with van der Waals surface area (Å²) in [7, 11) is -2.38. The molecule has 0 bridgehead atoms. The van der Waals surface area contributed by atoms with E-state index in [0.717, 1.165) is 33.7 Å². The Balaban J connectivity index is 1.48. The summed E-state index contributed by atoms with van der Waals surface area (Å²) >= 11 is 0. The molecule has 0 spiro atoms. The summed E-state index contributed by atoms with van der Waals surface area (Å²) in [4.78, 5) is 12.7. The maximum Gasteiger partial charge on any atom is 0.306 e. The number of carbonyl (C=O) groups is 1. The molecular weight excluding hydrogens is 505 g/mol. The second kappa shape index (κ2) is 9.71. The Morgan fingerprint density at radius 2 is 1.79 bits per heavy atom. The Bertz CT molecular complexity index is 1450. The van der Waals surface area contributed by atoms with Crippen molar-refractivity contribution < 1.29 is 22.3 Å². The molecule has 0 saturated heterocycles. The van der Waals surface area contributed by atoms with Gasteiger partial charge in [0.25, 0.3) is 0 Å². The third kappa shape index (κ3) is 4.76. The van der Waals surface area contributed by atoms with Gasteiger partial charge in [0.2, 0.25) is 10.0 Å². The van der Waals surface area contributed by atoms with Crippen molar-refractivity contribution in [3.63, 3.8) is 0 Å². The normalized spacial score (nSPS) is 19.8. The predicted molar refractivity (Wildman–Crippen MR) is 144 cm³/mol. The van der Waals surface area contributed by atoms with Crippen molar-refractivity contribution in [2.45, 2.75) is 43.9 Å². The number of anilines is 1. The minimum absolute atomic E-state index is 0.0782. The molecule has 2 aliphatic heterocycles. The molecule has 5 rings (SSSR count). The molecule has 0 amide bonds. The summed E-state index contributed by atoms with van der Waals surface area (Å²) in [5.41, 5.74) is 8.59. The Labute approximate surface area is 223 Å². The van der Waals surface area contributed by atoms with Crippen LogP contribution >= 0.6 is 0 Å². The Morgan fingerprint density at radius 1 is 1.11 bits per heavy atom. The van der Waals surface area contributed by atoms with Crippen LogP contribution < -0.4 is 10.4 Å². The lowest BCUT2D eigenvalue weighted by molar-refractivity contribution is -0.141. The van der Waals surface area contributed by atoms with Crippen molar-refractivity contribution in [2.75, 3.05) is 25.2 Å². The molecule has 9 heteroatoms. The van der Waals surface area contributed by atoms with Gasteiger partial charge in [0.15, 0.2) is 0 Å². The summed E-state index contributed by atoms with van der Waals surface area (Å²) in [6.07, 6.45) is 4.47. The van der Waals surface area contributed by atoms with Gasteiger partial charge in [0, 0.05) is 30.8 Å². The summed E-state index contributed by atoms with van der Waals surface area (Å²) in [5.74, 6) is -1.05. The molecule has 0 aromatic heterocycles. The molecule has 0 saturated carbocycles. The highest BCUT2D eigenvalue weighted by Crippen LogP contribution is 2.44. The molecular formula is C29H32FN3O4S. The first-order chi connectivity index (χ1) is 18.0. The zero-order valence-corrected chi connectivity index (χ0v) is 22.8. The summed E-state index contributed by atoms with van der Waals surface area (Å²) in [6, 6.07) is 13.2. The first-order valence-corrected chi connectivity index (χ1v) is 14.1. The third-order valence-electron chi connectivity index (χ3n) is 7.42. The number of allylic oxidation sites excluding steroid dienone is 2. The van der Waals surface area contributed by atoms with Gasteiger partial charge in [-0.2, -0.15) is 4.31 Å². The van der Waals surface area contributed by atoms with Gasteiger partial charge in [0.1, 0.15) is 5.82 Å². The molecule has 2 heterocycles. The van der Waals surface area contributed by atoms with E-state index in [1.165, 1.54) is 23.5 Å². The summed E-state index contributed by atoms with van der Waals surface area (Å²) < 4.78 is 47.3. The van der Waals surface area contributed by atoms with Gasteiger partial charge >= 0.3 is 5.97 Å². The van der Waals surface area contributed by atoms with Crippen molar-refractivity contribution in [2.24, 2.45) is 5.92 Å². The Hall–Kier alpha value is -3.43. The Morgan fingerprint density at radius 3 is 2.42 bits per heavy atom. The van der Waals surface area contributed by atoms with E-state index in [2.05, 4.69) is 26.2 Å². The van der Waals surface area contributed by atoms with Gasteiger partial charge in [-0.15, -0.1) is 0 Å². The lowest BCUT2D eigenvalue weighted by Crippen LogP contribution is -2.40. The number of fused-ring (bicyclic) bond motifs is 1. The maximum absolute atomic E-state index is 13.6. The number of methoxy groups -OCH3 is 1.